The van der Waals surface area contributed by atoms with E-state index in [0.717, 1.165) is 12.1 Å². The fraction of sp³-hybridized carbons (Fsp3) is 0.400. The summed E-state index contributed by atoms with van der Waals surface area (Å²) in [6.07, 6.45) is -4.98. The van der Waals surface area contributed by atoms with Crippen LogP contribution in [-0.4, -0.2) is 28.8 Å². The summed E-state index contributed by atoms with van der Waals surface area (Å²) in [6, 6.07) is 2.99. The summed E-state index contributed by atoms with van der Waals surface area (Å²) in [7, 11) is 0. The lowest BCUT2D eigenvalue weighted by Gasteiger charge is -2.14. The zero-order valence-corrected chi connectivity index (χ0v) is 12.3. The van der Waals surface area contributed by atoms with Crippen LogP contribution >= 0.6 is 0 Å². The topological polar surface area (TPSA) is 83.5 Å². The largest absolute Gasteiger partial charge is 0.480 e. The van der Waals surface area contributed by atoms with Gasteiger partial charge >= 0.3 is 12.1 Å². The summed E-state index contributed by atoms with van der Waals surface area (Å²) in [5.74, 6) is -2.24. The molecule has 0 bridgehead atoms. The molecule has 2 N–H and O–H groups in total. The van der Waals surface area contributed by atoms with E-state index >= 15 is 0 Å². The summed E-state index contributed by atoms with van der Waals surface area (Å²) in [5.41, 5.74) is -0.762. The van der Waals surface area contributed by atoms with Crippen LogP contribution in [-0.2, 0) is 27.0 Å². The van der Waals surface area contributed by atoms with Gasteiger partial charge in [-0.25, -0.2) is 4.79 Å². The minimum Gasteiger partial charge on any atom is -0.480 e. The fourth-order valence-electron chi connectivity index (χ4n) is 1.89. The van der Waals surface area contributed by atoms with Crippen LogP contribution in [0.4, 0.5) is 13.2 Å². The third kappa shape index (κ3) is 6.50. The molecule has 0 saturated heterocycles. The van der Waals surface area contributed by atoms with Crippen LogP contribution in [0, 0.1) is 0 Å². The Kier molecular flexibility index (Phi) is 6.29. The van der Waals surface area contributed by atoms with Crippen molar-refractivity contribution >= 4 is 17.7 Å². The van der Waals surface area contributed by atoms with E-state index in [1.165, 1.54) is 19.1 Å². The lowest BCUT2D eigenvalue weighted by molar-refractivity contribution is -0.142. The summed E-state index contributed by atoms with van der Waals surface area (Å²) < 4.78 is 37.8. The van der Waals surface area contributed by atoms with E-state index in [9.17, 15) is 27.6 Å². The predicted octanol–water partition coefficient (Wildman–Crippen LogP) is 2.19. The highest BCUT2D eigenvalue weighted by molar-refractivity contribution is 5.85. The van der Waals surface area contributed by atoms with Gasteiger partial charge in [-0.15, -0.1) is 0 Å². The smallest absolute Gasteiger partial charge is 0.416 e. The first-order chi connectivity index (χ1) is 10.6. The van der Waals surface area contributed by atoms with Crippen LogP contribution in [0.15, 0.2) is 24.3 Å². The maximum atomic E-state index is 12.6. The van der Waals surface area contributed by atoms with Crippen LogP contribution in [0.25, 0.3) is 0 Å². The standard InChI is InChI=1S/C15H16F3NO4/c1-9(20)5-6-12(14(22)23)19-13(21)8-10-3-2-4-11(7-10)15(16,17)18/h2-4,7,12H,5-6,8H2,1H3,(H,19,21)(H,22,23)/t12-/m0/s1. The quantitative estimate of drug-likeness (QED) is 0.802. The van der Waals surface area contributed by atoms with Crippen LogP contribution in [0.1, 0.15) is 30.9 Å². The van der Waals surface area contributed by atoms with Gasteiger partial charge in [0, 0.05) is 6.42 Å². The molecule has 0 spiro atoms. The normalized spacial score (nSPS) is 12.5. The maximum Gasteiger partial charge on any atom is 0.416 e. The van der Waals surface area contributed by atoms with Crippen molar-refractivity contribution in [1.29, 1.82) is 0 Å². The van der Waals surface area contributed by atoms with Gasteiger partial charge < -0.3 is 15.2 Å². The van der Waals surface area contributed by atoms with Crippen molar-refractivity contribution in [2.24, 2.45) is 0 Å². The van der Waals surface area contributed by atoms with Crippen LogP contribution in [0.5, 0.6) is 0 Å². The molecule has 5 nitrogen and oxygen atoms in total. The zero-order chi connectivity index (χ0) is 17.6. The maximum absolute atomic E-state index is 12.6. The molecule has 126 valence electrons. The molecule has 0 radical (unpaired) electrons. The van der Waals surface area contributed by atoms with Crippen molar-refractivity contribution in [2.45, 2.75) is 38.4 Å². The molecular weight excluding hydrogens is 315 g/mol. The van der Waals surface area contributed by atoms with E-state index in [1.807, 2.05) is 0 Å². The third-order valence-electron chi connectivity index (χ3n) is 3.04. The van der Waals surface area contributed by atoms with Gasteiger partial charge in [-0.1, -0.05) is 18.2 Å². The third-order valence-corrected chi connectivity index (χ3v) is 3.04. The van der Waals surface area contributed by atoms with Gasteiger partial charge in [0.05, 0.1) is 12.0 Å². The Morgan fingerprint density at radius 1 is 1.26 bits per heavy atom. The van der Waals surface area contributed by atoms with Crippen LogP contribution < -0.4 is 5.32 Å². The number of nitrogens with one attached hydrogen (secondary N) is 1. The van der Waals surface area contributed by atoms with Gasteiger partial charge in [-0.05, 0) is 25.0 Å². The Morgan fingerprint density at radius 2 is 1.91 bits per heavy atom. The molecule has 1 amide bonds. The van der Waals surface area contributed by atoms with Gasteiger partial charge in [-0.2, -0.15) is 13.2 Å². The molecule has 23 heavy (non-hydrogen) atoms. The zero-order valence-electron chi connectivity index (χ0n) is 12.3. The number of carboxylic acid groups (broad SMARTS) is 1. The Balaban J connectivity index is 2.71. The number of benzene rings is 1. The SMILES string of the molecule is CC(=O)CC[C@H](NC(=O)Cc1cccc(C(F)(F)F)c1)C(=O)O. The molecule has 0 aliphatic carbocycles. The summed E-state index contributed by atoms with van der Waals surface area (Å²) in [4.78, 5) is 33.7. The molecule has 1 aromatic rings. The van der Waals surface area contributed by atoms with Gasteiger partial charge in [0.25, 0.3) is 0 Å². The Bertz CT molecular complexity index is 599. The second kappa shape index (κ2) is 7.75. The van der Waals surface area contributed by atoms with E-state index in [2.05, 4.69) is 5.32 Å². The van der Waals surface area contributed by atoms with Crippen molar-refractivity contribution < 1.29 is 32.7 Å². The summed E-state index contributed by atoms with van der Waals surface area (Å²) in [5, 5.41) is 11.2. The summed E-state index contributed by atoms with van der Waals surface area (Å²) >= 11 is 0. The minimum absolute atomic E-state index is 0.0131. The molecular formula is C15H16F3NO4. The number of halogens is 3. The van der Waals surface area contributed by atoms with E-state index in [4.69, 9.17) is 5.11 Å². The van der Waals surface area contributed by atoms with Crippen molar-refractivity contribution in [2.75, 3.05) is 0 Å². The van der Waals surface area contributed by atoms with Gasteiger partial charge in [-0.3, -0.25) is 4.79 Å². The predicted molar refractivity (Wildman–Crippen MR) is 74.6 cm³/mol. The monoisotopic (exact) mass is 331 g/mol. The van der Waals surface area contributed by atoms with Gasteiger partial charge in [0.1, 0.15) is 11.8 Å². The van der Waals surface area contributed by atoms with Crippen molar-refractivity contribution in [3.63, 3.8) is 0 Å². The number of alkyl halides is 3. The number of amides is 1. The van der Waals surface area contributed by atoms with E-state index in [0.29, 0.717) is 0 Å². The molecule has 1 atom stereocenters. The van der Waals surface area contributed by atoms with E-state index in [-0.39, 0.29) is 30.6 Å². The second-order valence-corrected chi connectivity index (χ2v) is 5.07. The first kappa shape index (κ1) is 18.7. The van der Waals surface area contributed by atoms with Crippen molar-refractivity contribution in [3.8, 4) is 0 Å². The number of hydrogen-bond acceptors (Lipinski definition) is 3. The molecule has 0 unspecified atom stereocenters. The lowest BCUT2D eigenvalue weighted by atomic mass is 10.1. The molecule has 0 fully saturated rings. The van der Waals surface area contributed by atoms with Crippen LogP contribution in [0.3, 0.4) is 0 Å². The number of aliphatic carboxylic acids is 1. The fourth-order valence-corrected chi connectivity index (χ4v) is 1.89. The number of carboxylic acids is 1. The van der Waals surface area contributed by atoms with Crippen molar-refractivity contribution in [1.82, 2.24) is 5.32 Å². The molecule has 0 aliphatic heterocycles. The number of Topliss-reactive ketones (excluding diaryl/α,β-unsaturated/α-hetero) is 1. The van der Waals surface area contributed by atoms with Gasteiger partial charge in [0.2, 0.25) is 5.91 Å². The molecule has 1 aromatic carbocycles. The number of carbonyl (C=O) groups excluding carboxylic acids is 2. The molecule has 0 aliphatic rings. The molecule has 8 heteroatoms. The highest BCUT2D eigenvalue weighted by Crippen LogP contribution is 2.29. The number of carbonyl (C=O) groups is 3. The molecule has 0 saturated carbocycles. The first-order valence-corrected chi connectivity index (χ1v) is 6.77. The Labute approximate surface area is 130 Å². The van der Waals surface area contributed by atoms with Gasteiger partial charge in [0.15, 0.2) is 0 Å². The van der Waals surface area contributed by atoms with Crippen molar-refractivity contribution in [3.05, 3.63) is 35.4 Å². The Hall–Kier alpha value is -2.38. The Morgan fingerprint density at radius 3 is 2.43 bits per heavy atom. The average Bonchev–Trinajstić information content (AvgIpc) is 2.42. The number of ketones is 1. The minimum atomic E-state index is -4.52. The molecule has 1 rings (SSSR count). The van der Waals surface area contributed by atoms with E-state index in [1.54, 1.807) is 0 Å². The summed E-state index contributed by atoms with van der Waals surface area (Å²) in [6.45, 7) is 1.30. The first-order valence-electron chi connectivity index (χ1n) is 6.77. The van der Waals surface area contributed by atoms with Crippen LogP contribution in [0.2, 0.25) is 0 Å². The molecule has 0 heterocycles. The number of rotatable bonds is 7. The highest BCUT2D eigenvalue weighted by atomic mass is 19.4. The average molecular weight is 331 g/mol. The molecule has 0 aromatic heterocycles. The lowest BCUT2D eigenvalue weighted by Crippen LogP contribution is -2.41. The second-order valence-electron chi connectivity index (χ2n) is 5.07. The number of hydrogen-bond donors (Lipinski definition) is 2. The highest BCUT2D eigenvalue weighted by Gasteiger charge is 2.30. The van der Waals surface area contributed by atoms with E-state index < -0.39 is 29.7 Å².